The molecule has 9 heteroatoms. The molecular formula is C21H19F2IN2O4. The summed E-state index contributed by atoms with van der Waals surface area (Å²) in [4.78, 5) is 13.1. The zero-order valence-electron chi connectivity index (χ0n) is 15.7. The van der Waals surface area contributed by atoms with Crippen LogP contribution in [0.25, 0.3) is 10.9 Å². The van der Waals surface area contributed by atoms with Crippen LogP contribution in [-0.2, 0) is 0 Å². The van der Waals surface area contributed by atoms with E-state index in [4.69, 9.17) is 9.84 Å². The molecule has 0 unspecified atom stereocenters. The minimum atomic E-state index is -1.14. The number of halogens is 3. The van der Waals surface area contributed by atoms with Gasteiger partial charge in [-0.3, -0.25) is 4.79 Å². The van der Waals surface area contributed by atoms with Crippen molar-refractivity contribution in [3.63, 3.8) is 0 Å². The zero-order chi connectivity index (χ0) is 21.4. The van der Waals surface area contributed by atoms with Gasteiger partial charge in [0.2, 0.25) is 5.43 Å². The van der Waals surface area contributed by atoms with E-state index in [1.54, 1.807) is 10.6 Å². The van der Waals surface area contributed by atoms with Crippen molar-refractivity contribution in [3.8, 4) is 5.75 Å². The first-order chi connectivity index (χ1) is 14.4. The summed E-state index contributed by atoms with van der Waals surface area (Å²) < 4.78 is 36.7. The van der Waals surface area contributed by atoms with Crippen molar-refractivity contribution in [3.05, 3.63) is 62.0 Å². The summed E-state index contributed by atoms with van der Waals surface area (Å²) in [7, 11) is 0. The highest BCUT2D eigenvalue weighted by Gasteiger charge is 2.27. The summed E-state index contributed by atoms with van der Waals surface area (Å²) in [6.07, 6.45) is 2.12. The molecule has 1 aliphatic rings. The molecule has 4 rings (SSSR count). The van der Waals surface area contributed by atoms with Gasteiger partial charge in [0.1, 0.15) is 24.3 Å². The Morgan fingerprint density at radius 3 is 2.67 bits per heavy atom. The van der Waals surface area contributed by atoms with E-state index in [0.717, 1.165) is 18.9 Å². The average molecular weight is 528 g/mol. The molecule has 1 fully saturated rings. The highest BCUT2D eigenvalue weighted by molar-refractivity contribution is 14.1. The lowest BCUT2D eigenvalue weighted by Crippen LogP contribution is -2.24. The van der Waals surface area contributed by atoms with Crippen LogP contribution in [-0.4, -0.2) is 34.1 Å². The average Bonchev–Trinajstić information content (AvgIpc) is 3.54. The Balaban J connectivity index is 1.87. The maximum Gasteiger partial charge on any atom is 0.233 e. The molecule has 6 nitrogen and oxygen atoms in total. The summed E-state index contributed by atoms with van der Waals surface area (Å²) in [6.45, 7) is -0.772. The third kappa shape index (κ3) is 4.28. The second kappa shape index (κ2) is 8.48. The van der Waals surface area contributed by atoms with E-state index in [2.05, 4.69) is 5.32 Å². The first kappa shape index (κ1) is 21.0. The molecule has 1 aliphatic carbocycles. The molecule has 3 aromatic rings. The van der Waals surface area contributed by atoms with Gasteiger partial charge in [-0.1, -0.05) is 0 Å². The maximum absolute atomic E-state index is 14.4. The summed E-state index contributed by atoms with van der Waals surface area (Å²) in [5.74, 6) is -1.12. The molecule has 0 amide bonds. The van der Waals surface area contributed by atoms with Gasteiger partial charge in [0.25, 0.3) is 0 Å². The molecular weight excluding hydrogens is 509 g/mol. The Morgan fingerprint density at radius 2 is 2.00 bits per heavy atom. The lowest BCUT2D eigenvalue weighted by Gasteiger charge is -2.17. The Morgan fingerprint density at radius 1 is 1.23 bits per heavy atom. The molecule has 158 valence electrons. The fourth-order valence-corrected chi connectivity index (χ4v) is 3.70. The topological polar surface area (TPSA) is 83.7 Å². The Labute approximate surface area is 184 Å². The number of nitrogens with one attached hydrogen (secondary N) is 1. The molecule has 0 bridgehead atoms. The number of aromatic nitrogens is 1. The van der Waals surface area contributed by atoms with Crippen LogP contribution >= 0.6 is 22.6 Å². The third-order valence-electron chi connectivity index (χ3n) is 4.85. The van der Waals surface area contributed by atoms with Gasteiger partial charge in [-0.25, -0.2) is 8.78 Å². The molecule has 3 N–H and O–H groups in total. The van der Waals surface area contributed by atoms with Crippen LogP contribution in [0.3, 0.4) is 0 Å². The number of fused-ring (bicyclic) bond motifs is 1. The van der Waals surface area contributed by atoms with Crippen LogP contribution < -0.4 is 15.5 Å². The van der Waals surface area contributed by atoms with Crippen molar-refractivity contribution in [2.24, 2.45) is 0 Å². The van der Waals surface area contributed by atoms with Gasteiger partial charge in [0.15, 0.2) is 5.75 Å². The second-order valence-corrected chi connectivity index (χ2v) is 8.45. The van der Waals surface area contributed by atoms with Crippen LogP contribution in [0, 0.1) is 15.2 Å². The van der Waals surface area contributed by atoms with Crippen molar-refractivity contribution in [2.45, 2.75) is 25.0 Å². The van der Waals surface area contributed by atoms with Gasteiger partial charge < -0.3 is 24.8 Å². The Hall–Kier alpha value is -2.24. The molecule has 1 aromatic heterocycles. The standard InChI is InChI=1S/C21H19F2IN2O4/c22-11-5-17(25-16-4-1-12(24)7-15(16)23)20-18(6-11)26(13-2-3-13)8-19(21(20)29)30-10-14(28)9-27/h1,4-8,13-14,25,27-28H,2-3,9-10H2/t14-/m0/s1. The molecule has 1 saturated carbocycles. The van der Waals surface area contributed by atoms with E-state index < -0.39 is 29.8 Å². The number of nitrogens with zero attached hydrogens (tertiary/aromatic N) is 1. The zero-order valence-corrected chi connectivity index (χ0v) is 17.9. The lowest BCUT2D eigenvalue weighted by molar-refractivity contribution is 0.0531. The number of rotatable bonds is 7. The molecule has 0 saturated heterocycles. The number of ether oxygens (including phenoxy) is 1. The predicted octanol–water partition coefficient (Wildman–Crippen LogP) is 3.69. The molecule has 0 radical (unpaired) electrons. The van der Waals surface area contributed by atoms with Crippen molar-refractivity contribution in [2.75, 3.05) is 18.5 Å². The summed E-state index contributed by atoms with van der Waals surface area (Å²) in [5, 5.41) is 21.6. The van der Waals surface area contributed by atoms with Crippen LogP contribution in [0.15, 0.2) is 41.3 Å². The number of pyridine rings is 1. The highest BCUT2D eigenvalue weighted by atomic mass is 127. The number of aliphatic hydroxyl groups is 2. The lowest BCUT2D eigenvalue weighted by atomic mass is 10.1. The summed E-state index contributed by atoms with van der Waals surface area (Å²) >= 11 is 1.98. The van der Waals surface area contributed by atoms with Gasteiger partial charge in [-0.05, 0) is 65.8 Å². The van der Waals surface area contributed by atoms with Crippen LogP contribution in [0.2, 0.25) is 0 Å². The van der Waals surface area contributed by atoms with E-state index >= 15 is 0 Å². The number of hydrogen-bond acceptors (Lipinski definition) is 5. The number of benzene rings is 2. The monoisotopic (exact) mass is 528 g/mol. The van der Waals surface area contributed by atoms with Crippen LogP contribution in [0.5, 0.6) is 5.75 Å². The van der Waals surface area contributed by atoms with E-state index in [-0.39, 0.29) is 35.2 Å². The van der Waals surface area contributed by atoms with Gasteiger partial charge in [-0.15, -0.1) is 0 Å². The van der Waals surface area contributed by atoms with Crippen LogP contribution in [0.4, 0.5) is 20.2 Å². The molecule has 0 spiro atoms. The summed E-state index contributed by atoms with van der Waals surface area (Å²) in [6, 6.07) is 7.06. The summed E-state index contributed by atoms with van der Waals surface area (Å²) in [5.41, 5.74) is 0.103. The van der Waals surface area contributed by atoms with Gasteiger partial charge in [0.05, 0.1) is 35.1 Å². The Bertz CT molecular complexity index is 1160. The minimum Gasteiger partial charge on any atom is -0.485 e. The maximum atomic E-state index is 14.4. The van der Waals surface area contributed by atoms with E-state index in [1.165, 1.54) is 24.4 Å². The fraction of sp³-hybridized carbons (Fsp3) is 0.286. The van der Waals surface area contributed by atoms with E-state index in [0.29, 0.717) is 9.09 Å². The highest BCUT2D eigenvalue weighted by Crippen LogP contribution is 2.39. The van der Waals surface area contributed by atoms with Crippen molar-refractivity contribution >= 4 is 44.9 Å². The molecule has 1 heterocycles. The first-order valence-corrected chi connectivity index (χ1v) is 10.5. The second-order valence-electron chi connectivity index (χ2n) is 7.20. The fourth-order valence-electron chi connectivity index (χ4n) is 3.24. The minimum absolute atomic E-state index is 0.0281. The van der Waals surface area contributed by atoms with Gasteiger partial charge in [-0.2, -0.15) is 0 Å². The Kier molecular flexibility index (Phi) is 5.94. The number of hydrogen-bond donors (Lipinski definition) is 3. The predicted molar refractivity (Wildman–Crippen MR) is 117 cm³/mol. The van der Waals surface area contributed by atoms with Gasteiger partial charge >= 0.3 is 0 Å². The molecule has 1 atom stereocenters. The smallest absolute Gasteiger partial charge is 0.233 e. The first-order valence-electron chi connectivity index (χ1n) is 9.39. The third-order valence-corrected chi connectivity index (χ3v) is 5.52. The molecule has 0 aliphatic heterocycles. The van der Waals surface area contributed by atoms with Crippen molar-refractivity contribution in [1.29, 1.82) is 0 Å². The SMILES string of the molecule is O=c1c(OC[C@@H](O)CO)cn(C2CC2)c2cc(F)cc(Nc3ccc(I)cc3F)c12. The molecule has 30 heavy (non-hydrogen) atoms. The van der Waals surface area contributed by atoms with Gasteiger partial charge in [0, 0.05) is 9.61 Å². The number of anilines is 2. The number of aliphatic hydroxyl groups excluding tert-OH is 2. The van der Waals surface area contributed by atoms with E-state index in [1.807, 2.05) is 22.6 Å². The quantitative estimate of drug-likeness (QED) is 0.408. The van der Waals surface area contributed by atoms with Crippen LogP contribution in [0.1, 0.15) is 18.9 Å². The largest absolute Gasteiger partial charge is 0.485 e. The molecule has 2 aromatic carbocycles. The van der Waals surface area contributed by atoms with Crippen molar-refractivity contribution in [1.82, 2.24) is 4.57 Å². The van der Waals surface area contributed by atoms with Crippen molar-refractivity contribution < 1.29 is 23.7 Å². The normalized spacial score (nSPS) is 14.7. The van der Waals surface area contributed by atoms with E-state index in [9.17, 15) is 18.7 Å².